The number of piperazine rings is 1. The summed E-state index contributed by atoms with van der Waals surface area (Å²) >= 11 is 0. The Morgan fingerprint density at radius 1 is 1.05 bits per heavy atom. The Bertz CT molecular complexity index is 2230. The van der Waals surface area contributed by atoms with E-state index in [9.17, 15) is 36.6 Å². The molecule has 0 aliphatic carbocycles. The number of aromatic nitrogens is 1. The van der Waals surface area contributed by atoms with Crippen LogP contribution in [-0.4, -0.2) is 127 Å². The minimum atomic E-state index is -5.00. The molecule has 3 fully saturated rings. The maximum absolute atomic E-state index is 15.6. The van der Waals surface area contributed by atoms with Crippen molar-refractivity contribution >= 4 is 29.6 Å². The first-order valence-corrected chi connectivity index (χ1v) is 21.0. The van der Waals surface area contributed by atoms with Crippen LogP contribution in [0.2, 0.25) is 0 Å². The highest BCUT2D eigenvalue weighted by Gasteiger charge is 2.56. The van der Waals surface area contributed by atoms with Gasteiger partial charge in [0.25, 0.3) is 5.91 Å². The van der Waals surface area contributed by atoms with E-state index in [0.29, 0.717) is 43.1 Å². The second kappa shape index (κ2) is 21.1. The Labute approximate surface area is 373 Å². The quantitative estimate of drug-likeness (QED) is 0.0453. The Morgan fingerprint density at radius 2 is 1.71 bits per heavy atom. The highest BCUT2D eigenvalue weighted by Crippen LogP contribution is 2.41. The second-order valence-electron chi connectivity index (χ2n) is 16.8. The third kappa shape index (κ3) is 12.1. The first-order chi connectivity index (χ1) is 30.9. The fraction of sp³-hybridized carbons (Fsp3) is 0.467. The van der Waals surface area contributed by atoms with E-state index in [0.717, 1.165) is 68.3 Å². The molecular formula is C45H53F6N9O5. The predicted molar refractivity (Wildman–Crippen MR) is 231 cm³/mol. The number of carbonyl (C=O) groups excluding carboxylic acids is 2. The van der Waals surface area contributed by atoms with E-state index in [1.165, 1.54) is 25.0 Å². The van der Waals surface area contributed by atoms with Gasteiger partial charge >= 0.3 is 18.8 Å². The van der Waals surface area contributed by atoms with Crippen molar-refractivity contribution in [1.82, 2.24) is 25.6 Å². The number of hydrogen-bond acceptors (Lipinski definition) is 12. The number of pyridine rings is 1. The van der Waals surface area contributed by atoms with Crippen molar-refractivity contribution in [2.24, 2.45) is 21.9 Å². The molecule has 20 heteroatoms. The van der Waals surface area contributed by atoms with Gasteiger partial charge in [-0.1, -0.05) is 36.1 Å². The highest BCUT2D eigenvalue weighted by atomic mass is 19.4. The van der Waals surface area contributed by atoms with E-state index in [4.69, 9.17) is 21.2 Å². The summed E-state index contributed by atoms with van der Waals surface area (Å²) in [7, 11) is 0.905. The van der Waals surface area contributed by atoms with Gasteiger partial charge in [0.15, 0.2) is 0 Å². The number of alkyl carbamates (subject to hydrolysis) is 1. The van der Waals surface area contributed by atoms with Gasteiger partial charge in [-0.15, -0.1) is 0 Å². The van der Waals surface area contributed by atoms with Gasteiger partial charge in [0.2, 0.25) is 0 Å². The van der Waals surface area contributed by atoms with Crippen molar-refractivity contribution in [3.63, 3.8) is 0 Å². The molecule has 0 saturated carbocycles. The van der Waals surface area contributed by atoms with Crippen LogP contribution in [0, 0.1) is 23.1 Å². The smallest absolute Gasteiger partial charge is 0.407 e. The SMILES string of the molecule is COC(=O)N[C@H](C(=O)NN(Cc1ccc(C(C=NC(F)F)=CN)cc1F)C[C@H](O)[C@@H](N)Cc1ccc(C#Cc2ccc(N3CC4CCC(C3)N4C3COC3)nc2)cc1)C(C)(C)C(F)(F)F. The van der Waals surface area contributed by atoms with Gasteiger partial charge in [0, 0.05) is 85.2 Å². The van der Waals surface area contributed by atoms with Crippen LogP contribution >= 0.6 is 0 Å². The van der Waals surface area contributed by atoms with Crippen LogP contribution in [0.5, 0.6) is 0 Å². The molecule has 1 aromatic heterocycles. The minimum Gasteiger partial charge on any atom is -0.453 e. The van der Waals surface area contributed by atoms with Crippen LogP contribution in [0.1, 0.15) is 54.5 Å². The second-order valence-corrected chi connectivity index (χ2v) is 16.8. The van der Waals surface area contributed by atoms with Crippen LogP contribution in [0.3, 0.4) is 0 Å². The van der Waals surface area contributed by atoms with Crippen molar-refractivity contribution in [3.8, 4) is 11.8 Å². The summed E-state index contributed by atoms with van der Waals surface area (Å²) in [6.45, 7) is 0.788. The number of benzene rings is 2. The van der Waals surface area contributed by atoms with E-state index in [1.807, 2.05) is 17.4 Å². The summed E-state index contributed by atoms with van der Waals surface area (Å²) in [5.41, 5.74) is 13.4. The standard InChI is InChI=1S/C45H53F6N9O5/c1-44(2,45(49,50)51)40(56-43(63)64-3)41(62)57-59(21-31-12-11-30(17-36(31)46)32(18-52)20-55-42(47)48)24-38(61)37(53)16-28-7-4-27(5-8-28)6-9-29-10-15-39(54-19-29)58-22-33-13-14-34(23-58)60(33)35-25-65-26-35/h4-5,7-8,10-12,15,17-20,33-35,37-38,40,42,61H,13-14,16,21-26,52-53H2,1-3H3,(H,56,63)(H,57,62)/t33?,34?,37-,38-,40+/m0/s1. The number of hydrogen-bond donors (Lipinski definition) is 5. The first kappa shape index (κ1) is 48.7. The van der Waals surface area contributed by atoms with Crippen molar-refractivity contribution in [1.29, 1.82) is 0 Å². The third-order valence-corrected chi connectivity index (χ3v) is 12.0. The molecule has 2 amide bonds. The lowest BCUT2D eigenvalue weighted by atomic mass is 9.83. The molecular weight excluding hydrogens is 861 g/mol. The van der Waals surface area contributed by atoms with E-state index in [-0.39, 0.29) is 23.1 Å². The Balaban J connectivity index is 1.11. The van der Waals surface area contributed by atoms with E-state index in [1.54, 1.807) is 30.5 Å². The summed E-state index contributed by atoms with van der Waals surface area (Å²) in [6, 6.07) is 12.9. The number of carbonyl (C=O) groups is 2. The van der Waals surface area contributed by atoms with Gasteiger partial charge in [0.1, 0.15) is 17.7 Å². The molecule has 3 aliphatic rings. The number of nitrogens with one attached hydrogen (secondary N) is 2. The normalized spacial score (nSPS) is 19.7. The number of rotatable bonds is 16. The van der Waals surface area contributed by atoms with Crippen LogP contribution < -0.4 is 27.1 Å². The average molecular weight is 914 g/mol. The van der Waals surface area contributed by atoms with Crippen molar-refractivity contribution in [2.45, 2.75) is 88.7 Å². The van der Waals surface area contributed by atoms with Gasteiger partial charge in [-0.25, -0.2) is 24.2 Å². The number of methoxy groups -OCH3 is 1. The number of alkyl halides is 5. The topological polar surface area (TPSA) is 184 Å². The molecule has 4 heterocycles. The monoisotopic (exact) mass is 913 g/mol. The summed E-state index contributed by atoms with van der Waals surface area (Å²) in [4.78, 5) is 38.4. The molecule has 0 spiro atoms. The van der Waals surface area contributed by atoms with E-state index < -0.39 is 67.2 Å². The number of aliphatic hydroxyl groups excluding tert-OH is 1. The maximum atomic E-state index is 15.6. The summed E-state index contributed by atoms with van der Waals surface area (Å²) < 4.78 is 93.4. The third-order valence-electron chi connectivity index (χ3n) is 12.0. The zero-order chi connectivity index (χ0) is 47.1. The van der Waals surface area contributed by atoms with Crippen molar-refractivity contribution in [2.75, 3.05) is 44.9 Å². The Morgan fingerprint density at radius 3 is 2.26 bits per heavy atom. The summed E-state index contributed by atoms with van der Waals surface area (Å²) in [5.74, 6) is 4.91. The van der Waals surface area contributed by atoms with Gasteiger partial charge in [-0.2, -0.15) is 22.0 Å². The summed E-state index contributed by atoms with van der Waals surface area (Å²) in [5, 5.41) is 14.2. The largest absolute Gasteiger partial charge is 0.453 e. The van der Waals surface area contributed by atoms with Crippen molar-refractivity contribution < 1.29 is 50.5 Å². The lowest BCUT2D eigenvalue weighted by Gasteiger charge is -2.47. The number of amides is 2. The number of ether oxygens (including phenoxy) is 2. The highest BCUT2D eigenvalue weighted by molar-refractivity contribution is 6.09. The number of nitrogens with zero attached hydrogens (tertiary/aromatic N) is 5. The van der Waals surface area contributed by atoms with Gasteiger partial charge in [-0.3, -0.25) is 15.1 Å². The number of aliphatic imine (C=N–C) groups is 1. The van der Waals surface area contributed by atoms with Gasteiger partial charge in [-0.05, 0) is 74.6 Å². The molecule has 3 aliphatic heterocycles. The fourth-order valence-electron chi connectivity index (χ4n) is 8.09. The molecule has 14 nitrogen and oxygen atoms in total. The molecule has 5 atom stereocenters. The van der Waals surface area contributed by atoms with Crippen molar-refractivity contribution in [3.05, 3.63) is 101 Å². The number of nitrogens with two attached hydrogens (primary N) is 2. The van der Waals surface area contributed by atoms with E-state index in [2.05, 4.69) is 36.8 Å². The summed E-state index contributed by atoms with van der Waals surface area (Å²) in [6.07, 6.45) is -1.85. The number of aliphatic hydroxyl groups is 1. The van der Waals surface area contributed by atoms with Crippen LogP contribution in [0.4, 0.5) is 37.0 Å². The lowest BCUT2D eigenvalue weighted by Crippen LogP contribution is -2.62. The molecule has 6 rings (SSSR count). The fourth-order valence-corrected chi connectivity index (χ4v) is 8.09. The van der Waals surface area contributed by atoms with Gasteiger partial charge < -0.3 is 36.3 Å². The minimum absolute atomic E-state index is 0.0394. The predicted octanol–water partition coefficient (Wildman–Crippen LogP) is 4.34. The number of halogens is 6. The van der Waals surface area contributed by atoms with Crippen LogP contribution in [0.25, 0.3) is 5.57 Å². The molecule has 0 radical (unpaired) electrons. The number of anilines is 1. The van der Waals surface area contributed by atoms with Crippen LogP contribution in [-0.2, 0) is 27.2 Å². The van der Waals surface area contributed by atoms with Crippen LogP contribution in [0.15, 0.2) is 72.0 Å². The zero-order valence-corrected chi connectivity index (χ0v) is 36.1. The molecule has 7 N–H and O–H groups in total. The Hall–Kier alpha value is -5.72. The molecule has 350 valence electrons. The molecule has 2 unspecified atom stereocenters. The van der Waals surface area contributed by atoms with E-state index >= 15 is 4.39 Å². The molecule has 2 aromatic carbocycles. The number of hydrazine groups is 1. The molecule has 65 heavy (non-hydrogen) atoms. The first-order valence-electron chi connectivity index (χ1n) is 21.0. The molecule has 3 aromatic rings. The lowest BCUT2D eigenvalue weighted by molar-refractivity contribution is -0.221. The molecule has 3 saturated heterocycles. The number of allylic oxidation sites excluding steroid dienone is 1. The maximum Gasteiger partial charge on any atom is 0.407 e. The average Bonchev–Trinajstić information content (AvgIpc) is 3.47. The van der Waals surface area contributed by atoms with Gasteiger partial charge in [0.05, 0.1) is 37.9 Å². The number of fused-ring (bicyclic) bond motifs is 2. The molecule has 2 bridgehead atoms. The zero-order valence-electron chi connectivity index (χ0n) is 36.1. The Kier molecular flexibility index (Phi) is 15.8.